The minimum atomic E-state index is 1.06. The first-order valence-electron chi connectivity index (χ1n) is 5.06. The molecule has 2 heterocycles. The molecule has 0 radical (unpaired) electrons. The van der Waals surface area contributed by atoms with Gasteiger partial charge in [0.25, 0.3) is 0 Å². The molecule has 0 saturated carbocycles. The lowest BCUT2D eigenvalue weighted by Gasteiger charge is -1.76. The lowest BCUT2D eigenvalue weighted by atomic mass is 10.4. The molecule has 0 fully saturated rings. The molecule has 0 atom stereocenters. The highest BCUT2D eigenvalue weighted by molar-refractivity contribution is 7.09. The van der Waals surface area contributed by atoms with Gasteiger partial charge in [0, 0.05) is 16.6 Å². The molecule has 0 aliphatic rings. The number of aromatic nitrogens is 2. The summed E-state index contributed by atoms with van der Waals surface area (Å²) in [6.07, 6.45) is 6.29. The van der Waals surface area contributed by atoms with Crippen molar-refractivity contribution in [2.45, 2.75) is 34.1 Å². The maximum atomic E-state index is 4.46. The van der Waals surface area contributed by atoms with Crippen molar-refractivity contribution in [3.63, 3.8) is 0 Å². The fraction of sp³-hybridized carbons (Fsp3) is 0.455. The van der Waals surface area contributed by atoms with Gasteiger partial charge in [-0.05, 0) is 13.3 Å². The van der Waals surface area contributed by atoms with Crippen molar-refractivity contribution in [1.82, 2.24) is 10.1 Å². The fourth-order valence-corrected chi connectivity index (χ4v) is 1.22. The van der Waals surface area contributed by atoms with Crippen molar-refractivity contribution in [3.8, 4) is 0 Å². The van der Waals surface area contributed by atoms with Crippen LogP contribution < -0.4 is 0 Å². The molecular weight excluding hydrogens is 208 g/mol. The molecular formula is C11H18N2OS. The van der Waals surface area contributed by atoms with Crippen molar-refractivity contribution < 1.29 is 4.52 Å². The predicted octanol–water partition coefficient (Wildman–Crippen LogP) is 3.71. The minimum absolute atomic E-state index is 1.06. The normalized spacial score (nSPS) is 8.27. The molecule has 0 aromatic carbocycles. The third kappa shape index (κ3) is 6.85. The maximum Gasteiger partial charge on any atom is 0.126 e. The summed E-state index contributed by atoms with van der Waals surface area (Å²) in [6.45, 7) is 8.06. The predicted molar refractivity (Wildman–Crippen MR) is 64.1 cm³/mol. The van der Waals surface area contributed by atoms with Crippen LogP contribution in [0.4, 0.5) is 0 Å². The summed E-state index contributed by atoms with van der Waals surface area (Å²) in [4.78, 5) is 5.27. The third-order valence-corrected chi connectivity index (χ3v) is 2.31. The van der Waals surface area contributed by atoms with Gasteiger partial charge in [0.2, 0.25) is 0 Å². The Labute approximate surface area is 95.2 Å². The highest BCUT2D eigenvalue weighted by Gasteiger charge is 1.84. The molecule has 0 unspecified atom stereocenters. The minimum Gasteiger partial charge on any atom is -0.365 e. The van der Waals surface area contributed by atoms with Crippen molar-refractivity contribution in [2.24, 2.45) is 0 Å². The Balaban J connectivity index is 0.000000227. The van der Waals surface area contributed by atoms with Crippen LogP contribution in [0.15, 0.2) is 28.7 Å². The lowest BCUT2D eigenvalue weighted by molar-refractivity contribution is 0.419. The summed E-state index contributed by atoms with van der Waals surface area (Å²) in [5.41, 5.74) is 2.92. The van der Waals surface area contributed by atoms with Gasteiger partial charge in [-0.15, -0.1) is 11.3 Å². The zero-order valence-electron chi connectivity index (χ0n) is 9.73. The molecule has 0 N–H and O–H groups in total. The molecule has 4 heteroatoms. The van der Waals surface area contributed by atoms with Crippen LogP contribution >= 0.6 is 11.3 Å². The molecule has 2 rings (SSSR count). The van der Waals surface area contributed by atoms with Gasteiger partial charge in [-0.2, -0.15) is 0 Å². The summed E-state index contributed by atoms with van der Waals surface area (Å²) < 4.78 is 4.46. The number of thiazole rings is 1. The lowest BCUT2D eigenvalue weighted by Crippen LogP contribution is -1.64. The molecule has 0 saturated heterocycles. The number of hydrogen-bond donors (Lipinski definition) is 0. The third-order valence-electron chi connectivity index (χ3n) is 1.39. The van der Waals surface area contributed by atoms with E-state index in [4.69, 9.17) is 0 Å². The SMILES string of the molecule is CC.CCc1cncs1.Cc1cnoc1. The number of nitrogens with zero attached hydrogens (tertiary/aromatic N) is 2. The standard InChI is InChI=1S/C5H7NS.C4H5NO.C2H6/c1-2-5-3-6-4-7-5;1-4-2-5-6-3-4;1-2/h3-4H,2H2,1H3;2-3H,1H3;1-2H3. The van der Waals surface area contributed by atoms with Gasteiger partial charge in [-0.1, -0.05) is 25.9 Å². The molecule has 0 aliphatic heterocycles. The fourth-order valence-electron chi connectivity index (χ4n) is 0.674. The molecule has 0 amide bonds. The average Bonchev–Trinajstić information content (AvgIpc) is 2.93. The van der Waals surface area contributed by atoms with E-state index in [1.807, 2.05) is 32.5 Å². The van der Waals surface area contributed by atoms with E-state index in [9.17, 15) is 0 Å². The van der Waals surface area contributed by atoms with E-state index in [-0.39, 0.29) is 0 Å². The zero-order valence-corrected chi connectivity index (χ0v) is 10.5. The Morgan fingerprint density at radius 3 is 2.27 bits per heavy atom. The van der Waals surface area contributed by atoms with Crippen molar-refractivity contribution in [1.29, 1.82) is 0 Å². The molecule has 2 aromatic rings. The summed E-state index contributed by atoms with van der Waals surface area (Å²) in [6, 6.07) is 0. The van der Waals surface area contributed by atoms with E-state index in [1.165, 1.54) is 4.88 Å². The van der Waals surface area contributed by atoms with Crippen molar-refractivity contribution >= 4 is 11.3 Å². The van der Waals surface area contributed by atoms with Gasteiger partial charge in [0.05, 0.1) is 11.7 Å². The van der Waals surface area contributed by atoms with Crippen molar-refractivity contribution in [2.75, 3.05) is 0 Å². The quantitative estimate of drug-likeness (QED) is 0.744. The average molecular weight is 226 g/mol. The largest absolute Gasteiger partial charge is 0.365 e. The number of rotatable bonds is 1. The Bertz CT molecular complexity index is 303. The smallest absolute Gasteiger partial charge is 0.126 e. The maximum absolute atomic E-state index is 4.46. The molecule has 0 bridgehead atoms. The number of aryl methyl sites for hydroxylation is 2. The first kappa shape index (κ1) is 13.8. The molecule has 0 spiro atoms. The summed E-state index contributed by atoms with van der Waals surface area (Å²) in [7, 11) is 0. The van der Waals surface area contributed by atoms with Crippen LogP contribution in [0.1, 0.15) is 31.2 Å². The van der Waals surface area contributed by atoms with Gasteiger partial charge >= 0.3 is 0 Å². The Morgan fingerprint density at radius 1 is 1.33 bits per heavy atom. The van der Waals surface area contributed by atoms with Crippen LogP contribution in [0.2, 0.25) is 0 Å². The number of hydrogen-bond acceptors (Lipinski definition) is 4. The Morgan fingerprint density at radius 2 is 2.07 bits per heavy atom. The van der Waals surface area contributed by atoms with Gasteiger partial charge in [-0.25, -0.2) is 0 Å². The van der Waals surface area contributed by atoms with E-state index in [1.54, 1.807) is 23.8 Å². The van der Waals surface area contributed by atoms with Crippen LogP contribution in [-0.4, -0.2) is 10.1 Å². The summed E-state index contributed by atoms with van der Waals surface area (Å²) in [5, 5.41) is 3.45. The first-order chi connectivity index (χ1) is 7.33. The van der Waals surface area contributed by atoms with Crippen LogP contribution in [0, 0.1) is 6.92 Å². The van der Waals surface area contributed by atoms with Gasteiger partial charge in [0.1, 0.15) is 6.26 Å². The highest BCUT2D eigenvalue weighted by Crippen LogP contribution is 2.03. The van der Waals surface area contributed by atoms with Crippen LogP contribution in [0.3, 0.4) is 0 Å². The second-order valence-electron chi connectivity index (χ2n) is 2.52. The summed E-state index contributed by atoms with van der Waals surface area (Å²) >= 11 is 1.71. The Kier molecular flexibility index (Phi) is 8.67. The second kappa shape index (κ2) is 9.40. The van der Waals surface area contributed by atoms with Crippen LogP contribution in [0.5, 0.6) is 0 Å². The molecule has 84 valence electrons. The topological polar surface area (TPSA) is 38.9 Å². The monoisotopic (exact) mass is 226 g/mol. The second-order valence-corrected chi connectivity index (χ2v) is 3.49. The van der Waals surface area contributed by atoms with E-state index in [0.717, 1.165) is 12.0 Å². The van der Waals surface area contributed by atoms with E-state index >= 15 is 0 Å². The highest BCUT2D eigenvalue weighted by atomic mass is 32.1. The van der Waals surface area contributed by atoms with E-state index in [0.29, 0.717) is 0 Å². The van der Waals surface area contributed by atoms with Crippen LogP contribution in [-0.2, 0) is 6.42 Å². The Hall–Kier alpha value is -1.16. The molecule has 3 nitrogen and oxygen atoms in total. The van der Waals surface area contributed by atoms with Gasteiger partial charge in [-0.3, -0.25) is 4.98 Å². The van der Waals surface area contributed by atoms with Crippen LogP contribution in [0.25, 0.3) is 0 Å². The zero-order chi connectivity index (χ0) is 11.5. The van der Waals surface area contributed by atoms with E-state index in [2.05, 4.69) is 21.6 Å². The van der Waals surface area contributed by atoms with Gasteiger partial charge < -0.3 is 4.52 Å². The van der Waals surface area contributed by atoms with Gasteiger partial charge in [0.15, 0.2) is 0 Å². The molecule has 15 heavy (non-hydrogen) atoms. The molecule has 0 aliphatic carbocycles. The first-order valence-corrected chi connectivity index (χ1v) is 5.94. The van der Waals surface area contributed by atoms with E-state index < -0.39 is 0 Å². The molecule has 2 aromatic heterocycles. The van der Waals surface area contributed by atoms with Crippen molar-refractivity contribution in [3.05, 3.63) is 34.6 Å². The summed E-state index contributed by atoms with van der Waals surface area (Å²) in [5.74, 6) is 0.